The molecule has 1 N–H and O–H groups in total. The van der Waals surface area contributed by atoms with Crippen molar-refractivity contribution in [1.29, 1.82) is 0 Å². The van der Waals surface area contributed by atoms with Crippen molar-refractivity contribution >= 4 is 5.97 Å². The highest BCUT2D eigenvalue weighted by molar-refractivity contribution is 5.68. The van der Waals surface area contributed by atoms with Gasteiger partial charge in [0.1, 0.15) is 6.42 Å². The number of carbonyl (C=O) groups is 1. The fraction of sp³-hybridized carbons (Fsp3) is 0.417. The molecular weight excluding hydrogens is 214 g/mol. The van der Waals surface area contributed by atoms with Gasteiger partial charge in [-0.2, -0.15) is 0 Å². The third-order valence-electron chi connectivity index (χ3n) is 2.37. The predicted octanol–water partition coefficient (Wildman–Crippen LogP) is 3.38. The molecule has 0 fully saturated rings. The Balaban J connectivity index is 2.92. The van der Waals surface area contributed by atoms with E-state index in [1.807, 2.05) is 13.8 Å². The van der Waals surface area contributed by atoms with Crippen LogP contribution in [0.4, 0.5) is 8.78 Å². The van der Waals surface area contributed by atoms with E-state index in [0.717, 1.165) is 5.56 Å². The second kappa shape index (κ2) is 4.60. The Morgan fingerprint density at radius 1 is 1.31 bits per heavy atom. The molecule has 0 aromatic heterocycles. The molecule has 0 aliphatic heterocycles. The normalized spacial score (nSPS) is 11.8. The van der Waals surface area contributed by atoms with Crippen LogP contribution in [0.3, 0.4) is 0 Å². The number of hydrogen-bond acceptors (Lipinski definition) is 1. The van der Waals surface area contributed by atoms with Gasteiger partial charge < -0.3 is 5.11 Å². The van der Waals surface area contributed by atoms with E-state index < -0.39 is 18.3 Å². The first kappa shape index (κ1) is 12.6. The second-order valence-electron chi connectivity index (χ2n) is 4.05. The number of aliphatic carboxylic acids is 1. The molecule has 16 heavy (non-hydrogen) atoms. The van der Waals surface area contributed by atoms with E-state index in [1.54, 1.807) is 12.1 Å². The third-order valence-corrected chi connectivity index (χ3v) is 2.37. The number of alkyl halides is 2. The number of benzene rings is 1. The van der Waals surface area contributed by atoms with Gasteiger partial charge in [-0.1, -0.05) is 38.1 Å². The Hall–Kier alpha value is -1.45. The van der Waals surface area contributed by atoms with Gasteiger partial charge in [0.05, 0.1) is 0 Å². The van der Waals surface area contributed by atoms with Crippen molar-refractivity contribution in [3.8, 4) is 0 Å². The Kier molecular flexibility index (Phi) is 3.62. The van der Waals surface area contributed by atoms with Crippen molar-refractivity contribution in [2.24, 2.45) is 0 Å². The van der Waals surface area contributed by atoms with Crippen molar-refractivity contribution in [2.75, 3.05) is 0 Å². The molecule has 4 heteroatoms. The maximum atomic E-state index is 13.4. The van der Waals surface area contributed by atoms with Crippen LogP contribution in [0.5, 0.6) is 0 Å². The lowest BCUT2D eigenvalue weighted by Crippen LogP contribution is -2.18. The molecule has 1 rings (SSSR count). The SMILES string of the molecule is CC(C)c1ccc(C(F)(F)CC(=O)O)cc1. The molecule has 0 heterocycles. The van der Waals surface area contributed by atoms with Crippen LogP contribution in [0.15, 0.2) is 24.3 Å². The van der Waals surface area contributed by atoms with Crippen LogP contribution in [0.1, 0.15) is 37.3 Å². The molecule has 0 saturated carbocycles. The van der Waals surface area contributed by atoms with Crippen molar-refractivity contribution in [2.45, 2.75) is 32.1 Å². The van der Waals surface area contributed by atoms with Gasteiger partial charge in [-0.25, -0.2) is 8.78 Å². The van der Waals surface area contributed by atoms with Gasteiger partial charge in [-0.3, -0.25) is 4.79 Å². The molecule has 0 amide bonds. The van der Waals surface area contributed by atoms with Gasteiger partial charge >= 0.3 is 5.97 Å². The lowest BCUT2D eigenvalue weighted by Gasteiger charge is -2.15. The van der Waals surface area contributed by atoms with Crippen LogP contribution >= 0.6 is 0 Å². The van der Waals surface area contributed by atoms with Gasteiger partial charge in [-0.15, -0.1) is 0 Å². The van der Waals surface area contributed by atoms with Crippen LogP contribution in [-0.2, 0) is 10.7 Å². The molecule has 0 aliphatic carbocycles. The lowest BCUT2D eigenvalue weighted by atomic mass is 9.98. The van der Waals surface area contributed by atoms with Crippen molar-refractivity contribution in [3.63, 3.8) is 0 Å². The van der Waals surface area contributed by atoms with Crippen LogP contribution in [0.25, 0.3) is 0 Å². The summed E-state index contributed by atoms with van der Waals surface area (Å²) in [4.78, 5) is 10.3. The number of hydrogen-bond donors (Lipinski definition) is 1. The molecule has 0 aliphatic rings. The zero-order valence-corrected chi connectivity index (χ0v) is 9.21. The van der Waals surface area contributed by atoms with Gasteiger partial charge in [0.25, 0.3) is 5.92 Å². The summed E-state index contributed by atoms with van der Waals surface area (Å²) in [6.07, 6.45) is -1.17. The Bertz CT molecular complexity index is 369. The Labute approximate surface area is 92.9 Å². The van der Waals surface area contributed by atoms with Gasteiger partial charge in [0, 0.05) is 5.56 Å². The molecule has 88 valence electrons. The highest BCUT2D eigenvalue weighted by Crippen LogP contribution is 2.32. The molecule has 0 spiro atoms. The highest BCUT2D eigenvalue weighted by atomic mass is 19.3. The summed E-state index contributed by atoms with van der Waals surface area (Å²) in [6.45, 7) is 3.93. The summed E-state index contributed by atoms with van der Waals surface area (Å²) in [5.41, 5.74) is 0.703. The molecule has 0 atom stereocenters. The highest BCUT2D eigenvalue weighted by Gasteiger charge is 2.34. The second-order valence-corrected chi connectivity index (χ2v) is 4.05. The van der Waals surface area contributed by atoms with E-state index in [0.29, 0.717) is 0 Å². The quantitative estimate of drug-likeness (QED) is 0.857. The minimum Gasteiger partial charge on any atom is -0.481 e. The molecule has 2 nitrogen and oxygen atoms in total. The smallest absolute Gasteiger partial charge is 0.309 e. The van der Waals surface area contributed by atoms with E-state index in [2.05, 4.69) is 0 Å². The van der Waals surface area contributed by atoms with Gasteiger partial charge in [-0.05, 0) is 11.5 Å². The summed E-state index contributed by atoms with van der Waals surface area (Å²) in [7, 11) is 0. The molecule has 0 saturated heterocycles. The number of rotatable bonds is 4. The topological polar surface area (TPSA) is 37.3 Å². The third kappa shape index (κ3) is 3.02. The van der Waals surface area contributed by atoms with Gasteiger partial charge in [0.15, 0.2) is 0 Å². The zero-order valence-electron chi connectivity index (χ0n) is 9.21. The molecule has 0 radical (unpaired) electrons. The largest absolute Gasteiger partial charge is 0.481 e. The Morgan fingerprint density at radius 2 is 1.81 bits per heavy atom. The average molecular weight is 228 g/mol. The standard InChI is InChI=1S/C12H14F2O2/c1-8(2)9-3-5-10(6-4-9)12(13,14)7-11(15)16/h3-6,8H,7H2,1-2H3,(H,15,16). The molecule has 0 bridgehead atoms. The van der Waals surface area contributed by atoms with E-state index in [9.17, 15) is 13.6 Å². The van der Waals surface area contributed by atoms with E-state index in [-0.39, 0.29) is 11.5 Å². The first-order valence-electron chi connectivity index (χ1n) is 5.03. The minimum absolute atomic E-state index is 0.251. The maximum absolute atomic E-state index is 13.4. The first-order valence-corrected chi connectivity index (χ1v) is 5.03. The lowest BCUT2D eigenvalue weighted by molar-refractivity contribution is -0.145. The summed E-state index contributed by atoms with van der Waals surface area (Å²) >= 11 is 0. The van der Waals surface area contributed by atoms with E-state index in [1.165, 1.54) is 12.1 Å². The monoisotopic (exact) mass is 228 g/mol. The first-order chi connectivity index (χ1) is 7.33. The van der Waals surface area contributed by atoms with Crippen molar-refractivity contribution in [3.05, 3.63) is 35.4 Å². The summed E-state index contributed by atoms with van der Waals surface area (Å²) in [5, 5.41) is 8.37. The number of carboxylic acids is 1. The predicted molar refractivity (Wildman–Crippen MR) is 56.7 cm³/mol. The number of halogens is 2. The zero-order chi connectivity index (χ0) is 12.3. The molecular formula is C12H14F2O2. The van der Waals surface area contributed by atoms with Crippen LogP contribution < -0.4 is 0 Å². The summed E-state index contributed by atoms with van der Waals surface area (Å²) in [6, 6.07) is 5.79. The summed E-state index contributed by atoms with van der Waals surface area (Å²) in [5.74, 6) is -4.54. The van der Waals surface area contributed by atoms with E-state index in [4.69, 9.17) is 5.11 Å². The average Bonchev–Trinajstić information content (AvgIpc) is 2.16. The van der Waals surface area contributed by atoms with Crippen molar-refractivity contribution in [1.82, 2.24) is 0 Å². The van der Waals surface area contributed by atoms with Crippen LogP contribution in [-0.4, -0.2) is 11.1 Å². The van der Waals surface area contributed by atoms with Gasteiger partial charge in [0.2, 0.25) is 0 Å². The minimum atomic E-state index is -3.30. The van der Waals surface area contributed by atoms with E-state index >= 15 is 0 Å². The molecule has 0 unspecified atom stereocenters. The maximum Gasteiger partial charge on any atom is 0.309 e. The number of carboxylic acid groups (broad SMARTS) is 1. The summed E-state index contributed by atoms with van der Waals surface area (Å²) < 4.78 is 26.7. The fourth-order valence-electron chi connectivity index (χ4n) is 1.40. The van der Waals surface area contributed by atoms with Crippen molar-refractivity contribution < 1.29 is 18.7 Å². The van der Waals surface area contributed by atoms with Crippen LogP contribution in [0.2, 0.25) is 0 Å². The molecule has 1 aromatic rings. The Morgan fingerprint density at radius 3 is 2.19 bits per heavy atom. The fourth-order valence-corrected chi connectivity index (χ4v) is 1.40. The van der Waals surface area contributed by atoms with Crippen LogP contribution in [0, 0.1) is 0 Å². The molecule has 1 aromatic carbocycles.